The van der Waals surface area contributed by atoms with Gasteiger partial charge in [-0.3, -0.25) is 4.68 Å². The molecule has 0 aliphatic carbocycles. The average molecular weight is 224 g/mol. The average Bonchev–Trinajstić information content (AvgIpc) is 2.35. The van der Waals surface area contributed by atoms with E-state index in [-0.39, 0.29) is 12.4 Å². The molecule has 0 aromatic carbocycles. The van der Waals surface area contributed by atoms with Gasteiger partial charge in [0.25, 0.3) is 0 Å². The van der Waals surface area contributed by atoms with Crippen molar-refractivity contribution in [2.75, 3.05) is 19.9 Å². The molecule has 0 amide bonds. The van der Waals surface area contributed by atoms with Gasteiger partial charge >= 0.3 is 0 Å². The van der Waals surface area contributed by atoms with E-state index in [4.69, 9.17) is 5.73 Å². The molecule has 0 spiro atoms. The van der Waals surface area contributed by atoms with E-state index in [2.05, 4.69) is 5.10 Å². The Bertz CT molecular complexity index is 306. The molecule has 0 radical (unpaired) electrons. The van der Waals surface area contributed by atoms with Gasteiger partial charge in [-0.25, -0.2) is 0 Å². The molecule has 0 aliphatic heterocycles. The van der Waals surface area contributed by atoms with E-state index in [1.807, 2.05) is 0 Å². The highest BCUT2D eigenvalue weighted by Crippen LogP contribution is 2.33. The molecule has 0 saturated heterocycles. The maximum absolute atomic E-state index is 11.5. The van der Waals surface area contributed by atoms with Gasteiger partial charge in [-0.1, -0.05) is 0 Å². The third kappa shape index (κ3) is 3.51. The number of nitrogens with zero attached hydrogens (tertiary/aromatic N) is 2. The topological polar surface area (TPSA) is 60.9 Å². The fourth-order valence-corrected chi connectivity index (χ4v) is 1.63. The lowest BCUT2D eigenvalue weighted by Crippen LogP contribution is -2.10. The lowest BCUT2D eigenvalue weighted by atomic mass is 10.6. The second-order valence-electron chi connectivity index (χ2n) is 3.10. The van der Waals surface area contributed by atoms with Crippen molar-refractivity contribution >= 4 is 24.9 Å². The van der Waals surface area contributed by atoms with Crippen LogP contribution in [0.4, 0.5) is 0 Å². The molecule has 1 heterocycles. The summed E-state index contributed by atoms with van der Waals surface area (Å²) in [4.78, 5) is 0. The second-order valence-corrected chi connectivity index (χ2v) is 6.32. The molecule has 1 aromatic rings. The molecule has 6 heteroatoms. The first kappa shape index (κ1) is 12.7. The minimum atomic E-state index is -2.15. The van der Waals surface area contributed by atoms with Gasteiger partial charge in [0.15, 0.2) is 0 Å². The van der Waals surface area contributed by atoms with Crippen molar-refractivity contribution in [2.24, 2.45) is 5.73 Å². The third-order valence-electron chi connectivity index (χ3n) is 1.60. The summed E-state index contributed by atoms with van der Waals surface area (Å²) >= 11 is 0. The highest BCUT2D eigenvalue weighted by molar-refractivity contribution is 7.70. The van der Waals surface area contributed by atoms with Crippen molar-refractivity contribution in [3.05, 3.63) is 12.4 Å². The van der Waals surface area contributed by atoms with Crippen molar-refractivity contribution in [3.8, 4) is 0 Å². The Hall–Kier alpha value is -0.310. The van der Waals surface area contributed by atoms with Crippen LogP contribution < -0.4 is 11.0 Å². The predicted molar refractivity (Wildman–Crippen MR) is 57.6 cm³/mol. The number of rotatable bonds is 3. The highest BCUT2D eigenvalue weighted by atomic mass is 35.5. The normalized spacial score (nSPS) is 11.0. The van der Waals surface area contributed by atoms with E-state index in [0.29, 0.717) is 13.1 Å². The molecular weight excluding hydrogens is 209 g/mol. The van der Waals surface area contributed by atoms with Gasteiger partial charge in [0.2, 0.25) is 0 Å². The number of halogens is 1. The fourth-order valence-electron chi connectivity index (χ4n) is 0.885. The molecule has 13 heavy (non-hydrogen) atoms. The standard InChI is InChI=1S/C7H14N3OP.ClH/c1-12(2,11)7-5-9-10(6-7)4-3-8;/h5-6H,3-4,8H2,1-2H3;1H. The summed E-state index contributed by atoms with van der Waals surface area (Å²) in [5.41, 5.74) is 5.35. The first-order valence-corrected chi connectivity index (χ1v) is 6.42. The molecule has 2 N–H and O–H groups in total. The minimum Gasteiger partial charge on any atom is -0.329 e. The van der Waals surface area contributed by atoms with Crippen molar-refractivity contribution in [2.45, 2.75) is 6.54 Å². The van der Waals surface area contributed by atoms with Crippen LogP contribution in [0.1, 0.15) is 0 Å². The third-order valence-corrected chi connectivity index (χ3v) is 3.07. The molecule has 0 unspecified atom stereocenters. The first-order chi connectivity index (χ1) is 5.54. The molecule has 0 fully saturated rings. The van der Waals surface area contributed by atoms with Crippen LogP contribution in [0.5, 0.6) is 0 Å². The number of hydrogen-bond acceptors (Lipinski definition) is 3. The number of hydrogen-bond donors (Lipinski definition) is 1. The Labute approximate surface area is 84.3 Å². The van der Waals surface area contributed by atoms with Crippen LogP contribution in [-0.2, 0) is 11.1 Å². The minimum absolute atomic E-state index is 0. The van der Waals surface area contributed by atoms with E-state index in [0.717, 1.165) is 5.30 Å². The number of nitrogens with two attached hydrogens (primary N) is 1. The zero-order chi connectivity index (χ0) is 9.19. The molecule has 0 aliphatic rings. The maximum atomic E-state index is 11.5. The molecule has 1 aromatic heterocycles. The Kier molecular flexibility index (Phi) is 4.68. The SMILES string of the molecule is CP(C)(=O)c1cnn(CCN)c1.Cl. The van der Waals surface area contributed by atoms with Gasteiger partial charge in [0.05, 0.1) is 12.7 Å². The van der Waals surface area contributed by atoms with Crippen LogP contribution in [0.3, 0.4) is 0 Å². The van der Waals surface area contributed by atoms with Gasteiger partial charge in [0.1, 0.15) is 7.14 Å². The largest absolute Gasteiger partial charge is 0.329 e. The monoisotopic (exact) mass is 223 g/mol. The molecule has 0 bridgehead atoms. The lowest BCUT2D eigenvalue weighted by molar-refractivity contribution is 0.588. The highest BCUT2D eigenvalue weighted by Gasteiger charge is 2.12. The maximum Gasteiger partial charge on any atom is 0.112 e. The molecule has 0 atom stereocenters. The van der Waals surface area contributed by atoms with Gasteiger partial charge in [-0.2, -0.15) is 5.10 Å². The van der Waals surface area contributed by atoms with Crippen molar-refractivity contribution in [3.63, 3.8) is 0 Å². The molecule has 4 nitrogen and oxygen atoms in total. The predicted octanol–water partition coefficient (Wildman–Crippen LogP) is 0.512. The van der Waals surface area contributed by atoms with Crippen LogP contribution in [0.25, 0.3) is 0 Å². The Morgan fingerprint density at radius 2 is 2.23 bits per heavy atom. The zero-order valence-electron chi connectivity index (χ0n) is 7.80. The molecule has 0 saturated carbocycles. The Morgan fingerprint density at radius 3 is 2.62 bits per heavy atom. The van der Waals surface area contributed by atoms with Crippen molar-refractivity contribution in [1.29, 1.82) is 0 Å². The summed E-state index contributed by atoms with van der Waals surface area (Å²) in [6.07, 6.45) is 3.45. The van der Waals surface area contributed by atoms with E-state index in [1.165, 1.54) is 0 Å². The summed E-state index contributed by atoms with van der Waals surface area (Å²) in [6, 6.07) is 0. The molecule has 76 valence electrons. The Balaban J connectivity index is 0.00000144. The Morgan fingerprint density at radius 1 is 1.62 bits per heavy atom. The van der Waals surface area contributed by atoms with Gasteiger partial charge in [-0.05, 0) is 13.3 Å². The van der Waals surface area contributed by atoms with Crippen LogP contribution in [0, 0.1) is 0 Å². The van der Waals surface area contributed by atoms with Gasteiger partial charge in [0, 0.05) is 18.0 Å². The van der Waals surface area contributed by atoms with Crippen molar-refractivity contribution < 1.29 is 4.57 Å². The van der Waals surface area contributed by atoms with Crippen LogP contribution in [-0.4, -0.2) is 29.7 Å². The van der Waals surface area contributed by atoms with E-state index in [1.54, 1.807) is 30.4 Å². The summed E-state index contributed by atoms with van der Waals surface area (Å²) in [5, 5.41) is 4.85. The lowest BCUT2D eigenvalue weighted by Gasteiger charge is -2.00. The smallest absolute Gasteiger partial charge is 0.112 e. The summed E-state index contributed by atoms with van der Waals surface area (Å²) < 4.78 is 13.3. The van der Waals surface area contributed by atoms with E-state index >= 15 is 0 Å². The number of aromatic nitrogens is 2. The summed E-state index contributed by atoms with van der Waals surface area (Å²) in [6.45, 7) is 4.70. The first-order valence-electron chi connectivity index (χ1n) is 3.82. The van der Waals surface area contributed by atoms with Gasteiger partial charge in [-0.15, -0.1) is 12.4 Å². The molecule has 1 rings (SSSR count). The van der Waals surface area contributed by atoms with Crippen molar-refractivity contribution in [1.82, 2.24) is 9.78 Å². The van der Waals surface area contributed by atoms with E-state index in [9.17, 15) is 4.57 Å². The second kappa shape index (κ2) is 4.80. The van der Waals surface area contributed by atoms with E-state index < -0.39 is 7.14 Å². The summed E-state index contributed by atoms with van der Waals surface area (Å²) in [5.74, 6) is 0. The van der Waals surface area contributed by atoms with Crippen LogP contribution in [0.15, 0.2) is 12.4 Å². The van der Waals surface area contributed by atoms with Gasteiger partial charge < -0.3 is 10.3 Å². The van der Waals surface area contributed by atoms with Crippen LogP contribution in [0.2, 0.25) is 0 Å². The summed E-state index contributed by atoms with van der Waals surface area (Å²) in [7, 11) is -2.15. The zero-order valence-corrected chi connectivity index (χ0v) is 9.52. The fraction of sp³-hybridized carbons (Fsp3) is 0.571. The molecular formula is C7H15ClN3OP. The quantitative estimate of drug-likeness (QED) is 0.760. The van der Waals surface area contributed by atoms with Crippen LogP contribution >= 0.6 is 19.5 Å².